The smallest absolute Gasteiger partial charge is 0.262 e. The Hall–Kier alpha value is -3.32. The molecule has 0 atom stereocenters. The van der Waals surface area contributed by atoms with Gasteiger partial charge in [0.25, 0.3) is 5.56 Å². The molecule has 7 heteroatoms. The van der Waals surface area contributed by atoms with Crippen LogP contribution in [-0.2, 0) is 17.9 Å². The molecule has 1 fully saturated rings. The Morgan fingerprint density at radius 2 is 1.87 bits per heavy atom. The predicted molar refractivity (Wildman–Crippen MR) is 119 cm³/mol. The first-order valence-electron chi connectivity index (χ1n) is 10.2. The Kier molecular flexibility index (Phi) is 5.11. The zero-order valence-electron chi connectivity index (χ0n) is 16.7. The minimum absolute atomic E-state index is 0.0595. The summed E-state index contributed by atoms with van der Waals surface area (Å²) in [5.74, 6) is -0.432. The molecule has 0 aliphatic heterocycles. The number of fused-ring (bicyclic) bond motifs is 1. The summed E-state index contributed by atoms with van der Waals surface area (Å²) in [6.45, 7) is 0.348. The molecule has 4 aromatic rings. The van der Waals surface area contributed by atoms with Gasteiger partial charge in [0.05, 0.1) is 11.7 Å². The lowest BCUT2D eigenvalue weighted by atomic mass is 10.2. The summed E-state index contributed by atoms with van der Waals surface area (Å²) in [5.41, 5.74) is 1.69. The van der Waals surface area contributed by atoms with Gasteiger partial charge in [0.1, 0.15) is 17.2 Å². The van der Waals surface area contributed by atoms with Gasteiger partial charge in [-0.05, 0) is 42.2 Å². The molecular weight excluding hydrogens is 413 g/mol. The van der Waals surface area contributed by atoms with E-state index in [1.807, 2.05) is 36.4 Å². The largest absolute Gasteiger partial charge is 0.334 e. The van der Waals surface area contributed by atoms with Crippen molar-refractivity contribution in [3.05, 3.63) is 88.7 Å². The molecular formula is C24H20FN3O2S. The maximum atomic E-state index is 13.2. The van der Waals surface area contributed by atoms with Crippen LogP contribution in [0.2, 0.25) is 0 Å². The van der Waals surface area contributed by atoms with Crippen molar-refractivity contribution in [2.45, 2.75) is 32.0 Å². The molecule has 5 nitrogen and oxygen atoms in total. The fourth-order valence-corrected chi connectivity index (χ4v) is 4.64. The van der Waals surface area contributed by atoms with Gasteiger partial charge in [0.15, 0.2) is 0 Å². The molecule has 2 aromatic carbocycles. The number of hydrogen-bond donors (Lipinski definition) is 0. The van der Waals surface area contributed by atoms with Gasteiger partial charge in [-0.25, -0.2) is 9.37 Å². The molecule has 0 saturated heterocycles. The highest BCUT2D eigenvalue weighted by Gasteiger charge is 2.32. The lowest BCUT2D eigenvalue weighted by molar-refractivity contribution is -0.133. The first kappa shape index (κ1) is 19.6. The van der Waals surface area contributed by atoms with Gasteiger partial charge in [-0.3, -0.25) is 14.2 Å². The molecule has 0 N–H and O–H groups in total. The third-order valence-electron chi connectivity index (χ3n) is 5.46. The van der Waals surface area contributed by atoms with Crippen LogP contribution in [0.15, 0.2) is 71.8 Å². The number of aromatic nitrogens is 2. The van der Waals surface area contributed by atoms with Crippen LogP contribution in [0.3, 0.4) is 0 Å². The van der Waals surface area contributed by atoms with Gasteiger partial charge in [-0.2, -0.15) is 0 Å². The highest BCUT2D eigenvalue weighted by atomic mass is 32.1. The Labute approximate surface area is 182 Å². The molecule has 1 amide bonds. The highest BCUT2D eigenvalue weighted by molar-refractivity contribution is 7.21. The molecule has 31 heavy (non-hydrogen) atoms. The topological polar surface area (TPSA) is 55.2 Å². The number of carbonyl (C=O) groups is 1. The van der Waals surface area contributed by atoms with Crippen molar-refractivity contribution in [3.8, 4) is 10.4 Å². The van der Waals surface area contributed by atoms with E-state index in [0.717, 1.165) is 28.8 Å². The lowest BCUT2D eigenvalue weighted by Crippen LogP contribution is -2.37. The van der Waals surface area contributed by atoms with Crippen LogP contribution in [0.4, 0.5) is 4.39 Å². The first-order valence-corrected chi connectivity index (χ1v) is 11.0. The van der Waals surface area contributed by atoms with E-state index in [1.165, 1.54) is 34.4 Å². The molecule has 0 unspecified atom stereocenters. The van der Waals surface area contributed by atoms with Gasteiger partial charge in [0.2, 0.25) is 5.91 Å². The van der Waals surface area contributed by atoms with E-state index in [1.54, 1.807) is 17.0 Å². The van der Waals surface area contributed by atoms with Gasteiger partial charge >= 0.3 is 0 Å². The third kappa shape index (κ3) is 4.14. The summed E-state index contributed by atoms with van der Waals surface area (Å²) in [6, 6.07) is 18.1. The molecule has 0 spiro atoms. The normalized spacial score (nSPS) is 13.5. The average molecular weight is 434 g/mol. The maximum absolute atomic E-state index is 13.2. The number of nitrogens with zero attached hydrogens (tertiary/aromatic N) is 3. The Balaban J connectivity index is 1.39. The second-order valence-electron chi connectivity index (χ2n) is 7.75. The van der Waals surface area contributed by atoms with Crippen LogP contribution in [0.25, 0.3) is 20.7 Å². The molecule has 2 aromatic heterocycles. The summed E-state index contributed by atoms with van der Waals surface area (Å²) in [7, 11) is 0. The van der Waals surface area contributed by atoms with E-state index in [0.29, 0.717) is 16.8 Å². The number of hydrogen-bond acceptors (Lipinski definition) is 4. The number of carbonyl (C=O) groups excluding carboxylic acids is 1. The van der Waals surface area contributed by atoms with E-state index in [9.17, 15) is 14.0 Å². The average Bonchev–Trinajstić information content (AvgIpc) is 3.53. The molecule has 0 bridgehead atoms. The minimum atomic E-state index is -0.301. The molecule has 0 radical (unpaired) electrons. The Morgan fingerprint density at radius 3 is 2.58 bits per heavy atom. The Bertz CT molecular complexity index is 1290. The lowest BCUT2D eigenvalue weighted by Gasteiger charge is -2.23. The van der Waals surface area contributed by atoms with Crippen molar-refractivity contribution >= 4 is 27.5 Å². The van der Waals surface area contributed by atoms with Gasteiger partial charge < -0.3 is 4.90 Å². The monoisotopic (exact) mass is 433 g/mol. The fourth-order valence-electron chi connectivity index (χ4n) is 3.65. The molecule has 5 rings (SSSR count). The molecule has 1 saturated carbocycles. The first-order chi connectivity index (χ1) is 15.1. The summed E-state index contributed by atoms with van der Waals surface area (Å²) in [4.78, 5) is 33.9. The summed E-state index contributed by atoms with van der Waals surface area (Å²) in [5, 5.41) is 0.524. The quantitative estimate of drug-likeness (QED) is 0.451. The predicted octanol–water partition coefficient (Wildman–Crippen LogP) is 4.46. The van der Waals surface area contributed by atoms with Crippen molar-refractivity contribution < 1.29 is 9.18 Å². The van der Waals surface area contributed by atoms with Crippen LogP contribution in [0, 0.1) is 5.82 Å². The van der Waals surface area contributed by atoms with Gasteiger partial charge in [-0.1, -0.05) is 42.5 Å². The SMILES string of the molecule is O=C(Cn1cnc2sc(-c3ccccc3)cc2c1=O)N(Cc1ccc(F)cc1)C1CC1. The van der Waals surface area contributed by atoms with E-state index in [4.69, 9.17) is 0 Å². The molecule has 1 aliphatic rings. The van der Waals surface area contributed by atoms with Crippen LogP contribution in [0.5, 0.6) is 0 Å². The van der Waals surface area contributed by atoms with E-state index in [-0.39, 0.29) is 29.9 Å². The summed E-state index contributed by atoms with van der Waals surface area (Å²) in [6.07, 6.45) is 3.35. The van der Waals surface area contributed by atoms with Crippen molar-refractivity contribution in [2.75, 3.05) is 0 Å². The zero-order valence-corrected chi connectivity index (χ0v) is 17.5. The number of halogens is 1. The second kappa shape index (κ2) is 8.07. The Morgan fingerprint density at radius 1 is 1.13 bits per heavy atom. The van der Waals surface area contributed by atoms with Crippen molar-refractivity contribution in [2.24, 2.45) is 0 Å². The second-order valence-corrected chi connectivity index (χ2v) is 8.78. The van der Waals surface area contributed by atoms with Gasteiger partial charge in [-0.15, -0.1) is 11.3 Å². The van der Waals surface area contributed by atoms with Crippen LogP contribution < -0.4 is 5.56 Å². The number of benzene rings is 2. The van der Waals surface area contributed by atoms with E-state index < -0.39 is 0 Å². The van der Waals surface area contributed by atoms with Crippen LogP contribution in [-0.4, -0.2) is 26.4 Å². The maximum Gasteiger partial charge on any atom is 0.262 e. The van der Waals surface area contributed by atoms with Crippen LogP contribution in [0.1, 0.15) is 18.4 Å². The van der Waals surface area contributed by atoms with Crippen molar-refractivity contribution in [3.63, 3.8) is 0 Å². The fraction of sp³-hybridized carbons (Fsp3) is 0.208. The van der Waals surface area contributed by atoms with Crippen LogP contribution >= 0.6 is 11.3 Å². The standard InChI is InChI=1S/C24H20FN3O2S/c25-18-8-6-16(7-9-18)13-28(19-10-11-19)22(29)14-27-15-26-23-20(24(27)30)12-21(31-23)17-4-2-1-3-5-17/h1-9,12,15,19H,10-11,13-14H2. The van der Waals surface area contributed by atoms with E-state index >= 15 is 0 Å². The van der Waals surface area contributed by atoms with Crippen molar-refractivity contribution in [1.29, 1.82) is 0 Å². The van der Waals surface area contributed by atoms with Crippen molar-refractivity contribution in [1.82, 2.24) is 14.5 Å². The zero-order chi connectivity index (χ0) is 21.4. The molecule has 1 aliphatic carbocycles. The van der Waals surface area contributed by atoms with Gasteiger partial charge in [0, 0.05) is 17.5 Å². The number of rotatable bonds is 6. The molecule has 2 heterocycles. The number of amides is 1. The highest BCUT2D eigenvalue weighted by Crippen LogP contribution is 2.31. The molecule has 156 valence electrons. The summed E-state index contributed by atoms with van der Waals surface area (Å²) < 4.78 is 14.6. The third-order valence-corrected chi connectivity index (χ3v) is 6.55. The summed E-state index contributed by atoms with van der Waals surface area (Å²) >= 11 is 1.47. The van der Waals surface area contributed by atoms with E-state index in [2.05, 4.69) is 4.98 Å². The number of thiophene rings is 1. The minimum Gasteiger partial charge on any atom is -0.334 e.